The molecule has 0 radical (unpaired) electrons. The Morgan fingerprint density at radius 1 is 0.778 bits per heavy atom. The van der Waals surface area contributed by atoms with Gasteiger partial charge in [-0.1, -0.05) is 63.1 Å². The van der Waals surface area contributed by atoms with Gasteiger partial charge in [-0.2, -0.15) is 0 Å². The van der Waals surface area contributed by atoms with Gasteiger partial charge in [0.05, 0.1) is 0 Å². The zero-order valence-corrected chi connectivity index (χ0v) is 11.2. The van der Waals surface area contributed by atoms with Gasteiger partial charge in [-0.15, -0.1) is 6.42 Å². The Morgan fingerprint density at radius 2 is 1.22 bits per heavy atom. The maximum Gasteiger partial charge on any atom is 0.0243 e. The first-order valence-corrected chi connectivity index (χ1v) is 6.18. The molecule has 0 nitrogen and oxygen atoms in total. The van der Waals surface area contributed by atoms with Crippen molar-refractivity contribution in [3.05, 3.63) is 59.7 Å². The van der Waals surface area contributed by atoms with Crippen molar-refractivity contribution in [1.29, 1.82) is 0 Å². The third-order valence-electron chi connectivity index (χ3n) is 3.14. The van der Waals surface area contributed by atoms with Crippen molar-refractivity contribution in [3.8, 4) is 23.5 Å². The Labute approximate surface area is 110 Å². The maximum atomic E-state index is 5.36. The van der Waals surface area contributed by atoms with Crippen molar-refractivity contribution in [2.75, 3.05) is 0 Å². The van der Waals surface area contributed by atoms with Crippen molar-refractivity contribution in [2.24, 2.45) is 0 Å². The third-order valence-corrected chi connectivity index (χ3v) is 3.14. The summed E-state index contributed by atoms with van der Waals surface area (Å²) >= 11 is 0. The molecule has 0 saturated carbocycles. The summed E-state index contributed by atoms with van der Waals surface area (Å²) in [4.78, 5) is 0. The lowest BCUT2D eigenvalue weighted by Gasteiger charge is -2.19. The summed E-state index contributed by atoms with van der Waals surface area (Å²) in [5.74, 6) is 2.63. The van der Waals surface area contributed by atoms with Crippen LogP contribution in [0.4, 0.5) is 0 Å². The first-order chi connectivity index (χ1) is 8.50. The molecule has 2 aromatic carbocycles. The highest BCUT2D eigenvalue weighted by molar-refractivity contribution is 5.64. The van der Waals surface area contributed by atoms with E-state index in [9.17, 15) is 0 Å². The van der Waals surface area contributed by atoms with Crippen LogP contribution < -0.4 is 0 Å². The predicted octanol–water partition coefficient (Wildman–Crippen LogP) is 4.63. The van der Waals surface area contributed by atoms with Gasteiger partial charge in [-0.25, -0.2) is 0 Å². The van der Waals surface area contributed by atoms with Crippen LogP contribution in [0.1, 0.15) is 31.9 Å². The van der Waals surface area contributed by atoms with E-state index in [4.69, 9.17) is 6.42 Å². The predicted molar refractivity (Wildman–Crippen MR) is 78.5 cm³/mol. The third kappa shape index (κ3) is 2.63. The number of rotatable bonds is 1. The summed E-state index contributed by atoms with van der Waals surface area (Å²) in [5, 5.41) is 0. The molecule has 0 N–H and O–H groups in total. The highest BCUT2D eigenvalue weighted by Gasteiger charge is 2.12. The van der Waals surface area contributed by atoms with Gasteiger partial charge in [0.15, 0.2) is 0 Å². The smallest absolute Gasteiger partial charge is 0.0243 e. The molecule has 0 amide bonds. The molecule has 0 saturated heterocycles. The van der Waals surface area contributed by atoms with Crippen molar-refractivity contribution in [2.45, 2.75) is 26.2 Å². The number of benzene rings is 2. The quantitative estimate of drug-likeness (QED) is 0.631. The lowest BCUT2D eigenvalue weighted by atomic mass is 9.86. The molecule has 0 atom stereocenters. The standard InChI is InChI=1S/C18H18/c1-5-14-6-8-15(9-7-14)16-10-12-17(13-11-16)18(2,3)4/h1,6-13H,2-4H3. The van der Waals surface area contributed by atoms with E-state index in [0.717, 1.165) is 5.56 Å². The summed E-state index contributed by atoms with van der Waals surface area (Å²) in [7, 11) is 0. The molecule has 2 aromatic rings. The highest BCUT2D eigenvalue weighted by atomic mass is 14.2. The lowest BCUT2D eigenvalue weighted by Crippen LogP contribution is -2.10. The Morgan fingerprint density at radius 3 is 1.61 bits per heavy atom. The molecule has 18 heavy (non-hydrogen) atoms. The van der Waals surface area contributed by atoms with Gasteiger partial charge in [0.25, 0.3) is 0 Å². The zero-order valence-electron chi connectivity index (χ0n) is 11.2. The van der Waals surface area contributed by atoms with Crippen LogP contribution in [0, 0.1) is 12.3 Å². The van der Waals surface area contributed by atoms with Gasteiger partial charge in [0.1, 0.15) is 0 Å². The van der Waals surface area contributed by atoms with Gasteiger partial charge in [-0.3, -0.25) is 0 Å². The van der Waals surface area contributed by atoms with Crippen molar-refractivity contribution in [3.63, 3.8) is 0 Å². The van der Waals surface area contributed by atoms with E-state index in [0.29, 0.717) is 0 Å². The summed E-state index contributed by atoms with van der Waals surface area (Å²) in [6, 6.07) is 16.8. The van der Waals surface area contributed by atoms with Crippen molar-refractivity contribution >= 4 is 0 Å². The highest BCUT2D eigenvalue weighted by Crippen LogP contribution is 2.26. The van der Waals surface area contributed by atoms with Crippen LogP contribution in [0.15, 0.2) is 48.5 Å². The van der Waals surface area contributed by atoms with E-state index in [2.05, 4.69) is 63.1 Å². The molecule has 90 valence electrons. The molecular weight excluding hydrogens is 216 g/mol. The molecule has 0 aliphatic carbocycles. The fraction of sp³-hybridized carbons (Fsp3) is 0.222. The summed E-state index contributed by atoms with van der Waals surface area (Å²) in [6.45, 7) is 6.68. The van der Waals surface area contributed by atoms with Gasteiger partial charge in [0.2, 0.25) is 0 Å². The fourth-order valence-corrected chi connectivity index (χ4v) is 1.92. The second-order valence-corrected chi connectivity index (χ2v) is 5.55. The minimum Gasteiger partial charge on any atom is -0.115 e. The van der Waals surface area contributed by atoms with Crippen LogP contribution in [0.2, 0.25) is 0 Å². The first kappa shape index (κ1) is 12.5. The molecule has 0 fully saturated rings. The number of terminal acetylenes is 1. The first-order valence-electron chi connectivity index (χ1n) is 6.18. The van der Waals surface area contributed by atoms with Crippen molar-refractivity contribution < 1.29 is 0 Å². The van der Waals surface area contributed by atoms with Crippen LogP contribution in [0.5, 0.6) is 0 Å². The van der Waals surface area contributed by atoms with Crippen LogP contribution in [-0.2, 0) is 5.41 Å². The molecule has 0 bridgehead atoms. The molecule has 2 rings (SSSR count). The SMILES string of the molecule is C#Cc1ccc(-c2ccc(C(C)(C)C)cc2)cc1. The molecular formula is C18H18. The number of hydrogen-bond acceptors (Lipinski definition) is 0. The van der Waals surface area contributed by atoms with Crippen molar-refractivity contribution in [1.82, 2.24) is 0 Å². The molecule has 0 unspecified atom stereocenters. The van der Waals surface area contributed by atoms with E-state index in [1.165, 1.54) is 16.7 Å². The van der Waals surface area contributed by atoms with Crippen LogP contribution in [0.25, 0.3) is 11.1 Å². The second kappa shape index (κ2) is 4.70. The topological polar surface area (TPSA) is 0 Å². The molecule has 0 aromatic heterocycles. The largest absolute Gasteiger partial charge is 0.115 e. The molecule has 0 aliphatic rings. The second-order valence-electron chi connectivity index (χ2n) is 5.55. The van der Waals surface area contributed by atoms with E-state index >= 15 is 0 Å². The minimum atomic E-state index is 0.200. The van der Waals surface area contributed by atoms with Gasteiger partial charge < -0.3 is 0 Å². The summed E-state index contributed by atoms with van der Waals surface area (Å²) in [6.07, 6.45) is 5.36. The zero-order chi connectivity index (χ0) is 13.2. The average Bonchev–Trinajstić information content (AvgIpc) is 2.38. The van der Waals surface area contributed by atoms with Crippen LogP contribution in [0.3, 0.4) is 0 Å². The monoisotopic (exact) mass is 234 g/mol. The Bertz CT molecular complexity index is 557. The number of hydrogen-bond donors (Lipinski definition) is 0. The Kier molecular flexibility index (Phi) is 3.26. The van der Waals surface area contributed by atoms with Gasteiger partial charge in [0, 0.05) is 5.56 Å². The maximum absolute atomic E-state index is 5.36. The molecule has 0 heteroatoms. The van der Waals surface area contributed by atoms with E-state index < -0.39 is 0 Å². The van der Waals surface area contributed by atoms with Crippen LogP contribution >= 0.6 is 0 Å². The van der Waals surface area contributed by atoms with Gasteiger partial charge >= 0.3 is 0 Å². The summed E-state index contributed by atoms with van der Waals surface area (Å²) < 4.78 is 0. The Hall–Kier alpha value is -2.00. The Balaban J connectivity index is 2.32. The van der Waals surface area contributed by atoms with Crippen LogP contribution in [-0.4, -0.2) is 0 Å². The fourth-order valence-electron chi connectivity index (χ4n) is 1.92. The normalized spacial score (nSPS) is 11.0. The molecule has 0 aliphatic heterocycles. The van der Waals surface area contributed by atoms with E-state index in [-0.39, 0.29) is 5.41 Å². The average molecular weight is 234 g/mol. The van der Waals surface area contributed by atoms with Gasteiger partial charge in [-0.05, 0) is 34.2 Å². The minimum absolute atomic E-state index is 0.200. The molecule has 0 spiro atoms. The van der Waals surface area contributed by atoms with E-state index in [1.54, 1.807) is 0 Å². The lowest BCUT2D eigenvalue weighted by molar-refractivity contribution is 0.590. The molecule has 0 heterocycles. The summed E-state index contributed by atoms with van der Waals surface area (Å²) in [5.41, 5.74) is 4.91. The van der Waals surface area contributed by atoms with E-state index in [1.807, 2.05) is 12.1 Å².